The third-order valence-corrected chi connectivity index (χ3v) is 3.18. The van der Waals surface area contributed by atoms with Gasteiger partial charge < -0.3 is 10.3 Å². The number of hydrogen-bond donors (Lipinski definition) is 2. The average molecular weight is 287 g/mol. The topological polar surface area (TPSA) is 67.7 Å². The molecule has 0 amide bonds. The molecule has 0 aliphatic carbocycles. The number of para-hydroxylation sites is 2. The number of nitrogen functional groups attached to an aromatic ring is 1. The third-order valence-electron chi connectivity index (χ3n) is 3.18. The van der Waals surface area contributed by atoms with Crippen LogP contribution in [0.5, 0.6) is 0 Å². The van der Waals surface area contributed by atoms with E-state index < -0.39 is 0 Å². The lowest BCUT2D eigenvalue weighted by atomic mass is 10.1. The molecule has 0 saturated heterocycles. The second-order valence-corrected chi connectivity index (χ2v) is 4.43. The van der Waals surface area contributed by atoms with Crippen molar-refractivity contribution in [1.82, 2.24) is 9.55 Å². The maximum absolute atomic E-state index is 7.62. The summed E-state index contributed by atoms with van der Waals surface area (Å²) in [6.07, 6.45) is 1.82. The zero-order valence-electron chi connectivity index (χ0n) is 10.8. The molecule has 0 atom stereocenters. The van der Waals surface area contributed by atoms with Crippen LogP contribution in [0, 0.1) is 5.41 Å². The maximum atomic E-state index is 7.62. The second kappa shape index (κ2) is 5.75. The average Bonchev–Trinajstić information content (AvgIpc) is 2.83. The Morgan fingerprint density at radius 3 is 2.60 bits per heavy atom. The number of imidazole rings is 1. The molecule has 0 aliphatic heterocycles. The predicted molar refractivity (Wildman–Crippen MR) is 83.5 cm³/mol. The van der Waals surface area contributed by atoms with E-state index in [1.165, 1.54) is 0 Å². The van der Waals surface area contributed by atoms with E-state index in [1.54, 1.807) is 0 Å². The molecule has 1 heterocycles. The van der Waals surface area contributed by atoms with Crippen LogP contribution in [-0.2, 0) is 6.54 Å². The van der Waals surface area contributed by atoms with Crippen molar-refractivity contribution in [3.63, 3.8) is 0 Å². The molecule has 3 aromatic rings. The Kier molecular flexibility index (Phi) is 4.05. The minimum absolute atomic E-state index is 0. The summed E-state index contributed by atoms with van der Waals surface area (Å²) >= 11 is 0. The summed E-state index contributed by atoms with van der Waals surface area (Å²) in [5, 5.41) is 7.62. The van der Waals surface area contributed by atoms with E-state index in [1.807, 2.05) is 54.9 Å². The van der Waals surface area contributed by atoms with E-state index in [4.69, 9.17) is 11.1 Å². The summed E-state index contributed by atoms with van der Waals surface area (Å²) in [6, 6.07) is 15.7. The number of nitrogens with two attached hydrogens (primary N) is 1. The Balaban J connectivity index is 0.00000147. The zero-order valence-corrected chi connectivity index (χ0v) is 11.6. The molecule has 20 heavy (non-hydrogen) atoms. The van der Waals surface area contributed by atoms with Crippen molar-refractivity contribution in [1.29, 1.82) is 5.41 Å². The van der Waals surface area contributed by atoms with Crippen LogP contribution in [0.4, 0.5) is 0 Å². The molecule has 0 fully saturated rings. The van der Waals surface area contributed by atoms with Gasteiger partial charge in [-0.3, -0.25) is 5.41 Å². The fraction of sp³-hybridized carbons (Fsp3) is 0.0667. The van der Waals surface area contributed by atoms with Crippen LogP contribution in [-0.4, -0.2) is 15.4 Å². The lowest BCUT2D eigenvalue weighted by Crippen LogP contribution is -2.15. The van der Waals surface area contributed by atoms with Gasteiger partial charge in [-0.2, -0.15) is 0 Å². The number of nitrogens with one attached hydrogen (secondary N) is 1. The molecule has 0 saturated carbocycles. The number of hydrogen-bond acceptors (Lipinski definition) is 2. The molecule has 0 spiro atoms. The first kappa shape index (κ1) is 14.1. The first-order chi connectivity index (χ1) is 9.25. The van der Waals surface area contributed by atoms with Crippen molar-refractivity contribution >= 4 is 29.3 Å². The summed E-state index contributed by atoms with van der Waals surface area (Å²) < 4.78 is 2.07. The van der Waals surface area contributed by atoms with Crippen molar-refractivity contribution in [3.8, 4) is 0 Å². The highest BCUT2D eigenvalue weighted by Gasteiger charge is 2.07. The van der Waals surface area contributed by atoms with E-state index >= 15 is 0 Å². The first-order valence-electron chi connectivity index (χ1n) is 6.08. The lowest BCUT2D eigenvalue weighted by Gasteiger charge is -2.09. The maximum Gasteiger partial charge on any atom is 0.123 e. The number of benzene rings is 2. The van der Waals surface area contributed by atoms with Crippen LogP contribution >= 0.6 is 12.4 Å². The van der Waals surface area contributed by atoms with Crippen LogP contribution in [0.1, 0.15) is 11.1 Å². The van der Waals surface area contributed by atoms with Crippen molar-refractivity contribution in [2.45, 2.75) is 6.54 Å². The normalized spacial score (nSPS) is 10.2. The SMILES string of the molecule is Cl.N=C(N)c1ccccc1Cn1cnc2ccccc21. The van der Waals surface area contributed by atoms with E-state index in [0.29, 0.717) is 6.54 Å². The smallest absolute Gasteiger partial charge is 0.123 e. The summed E-state index contributed by atoms with van der Waals surface area (Å²) in [5.41, 5.74) is 9.48. The summed E-state index contributed by atoms with van der Waals surface area (Å²) in [5.74, 6) is 0.0972. The van der Waals surface area contributed by atoms with Gasteiger partial charge in [-0.25, -0.2) is 4.98 Å². The van der Waals surface area contributed by atoms with Gasteiger partial charge in [-0.15, -0.1) is 12.4 Å². The zero-order chi connectivity index (χ0) is 13.2. The number of amidine groups is 1. The fourth-order valence-electron chi connectivity index (χ4n) is 2.24. The molecular weight excluding hydrogens is 272 g/mol. The molecule has 0 radical (unpaired) electrons. The van der Waals surface area contributed by atoms with E-state index in [9.17, 15) is 0 Å². The summed E-state index contributed by atoms with van der Waals surface area (Å²) in [7, 11) is 0. The number of halogens is 1. The molecule has 0 bridgehead atoms. The van der Waals surface area contributed by atoms with Crippen molar-refractivity contribution in [2.24, 2.45) is 5.73 Å². The number of nitrogens with zero attached hydrogens (tertiary/aromatic N) is 2. The number of rotatable bonds is 3. The van der Waals surface area contributed by atoms with Gasteiger partial charge >= 0.3 is 0 Å². The first-order valence-corrected chi connectivity index (χ1v) is 6.08. The highest BCUT2D eigenvalue weighted by atomic mass is 35.5. The minimum atomic E-state index is 0. The van der Waals surface area contributed by atoms with Crippen LogP contribution in [0.2, 0.25) is 0 Å². The molecule has 5 heteroatoms. The number of fused-ring (bicyclic) bond motifs is 1. The molecule has 2 aromatic carbocycles. The minimum Gasteiger partial charge on any atom is -0.384 e. The van der Waals surface area contributed by atoms with E-state index in [-0.39, 0.29) is 18.2 Å². The van der Waals surface area contributed by atoms with Crippen LogP contribution in [0.25, 0.3) is 11.0 Å². The van der Waals surface area contributed by atoms with Gasteiger partial charge in [0.2, 0.25) is 0 Å². The molecule has 1 aromatic heterocycles. The van der Waals surface area contributed by atoms with Crippen LogP contribution in [0.3, 0.4) is 0 Å². The Morgan fingerprint density at radius 1 is 1.10 bits per heavy atom. The summed E-state index contributed by atoms with van der Waals surface area (Å²) in [4.78, 5) is 4.37. The van der Waals surface area contributed by atoms with Crippen LogP contribution in [0.15, 0.2) is 54.9 Å². The molecule has 3 rings (SSSR count). The van der Waals surface area contributed by atoms with Gasteiger partial charge in [0.1, 0.15) is 5.84 Å². The van der Waals surface area contributed by atoms with E-state index in [0.717, 1.165) is 22.2 Å². The van der Waals surface area contributed by atoms with Crippen LogP contribution < -0.4 is 5.73 Å². The monoisotopic (exact) mass is 286 g/mol. The molecule has 4 nitrogen and oxygen atoms in total. The Labute approximate surface area is 123 Å². The molecule has 102 valence electrons. The lowest BCUT2D eigenvalue weighted by molar-refractivity contribution is 0.822. The van der Waals surface area contributed by atoms with Gasteiger partial charge in [-0.05, 0) is 17.7 Å². The molecular formula is C15H15ClN4. The fourth-order valence-corrected chi connectivity index (χ4v) is 2.24. The molecule has 3 N–H and O–H groups in total. The molecule has 0 aliphatic rings. The standard InChI is InChI=1S/C15H14N4.ClH/c16-15(17)12-6-2-1-5-11(12)9-19-10-18-13-7-3-4-8-14(13)19;/h1-8,10H,9H2,(H3,16,17);1H. The van der Waals surface area contributed by atoms with Crippen molar-refractivity contribution in [2.75, 3.05) is 0 Å². The van der Waals surface area contributed by atoms with Gasteiger partial charge in [-0.1, -0.05) is 36.4 Å². The number of aromatic nitrogens is 2. The quantitative estimate of drug-likeness (QED) is 0.574. The second-order valence-electron chi connectivity index (χ2n) is 4.43. The Bertz CT molecular complexity index is 748. The Hall–Kier alpha value is -2.33. The largest absolute Gasteiger partial charge is 0.384 e. The van der Waals surface area contributed by atoms with Gasteiger partial charge in [0.15, 0.2) is 0 Å². The highest BCUT2D eigenvalue weighted by molar-refractivity contribution is 5.96. The van der Waals surface area contributed by atoms with Gasteiger partial charge in [0.25, 0.3) is 0 Å². The van der Waals surface area contributed by atoms with Gasteiger partial charge in [0, 0.05) is 12.1 Å². The van der Waals surface area contributed by atoms with E-state index in [2.05, 4.69) is 9.55 Å². The van der Waals surface area contributed by atoms with Gasteiger partial charge in [0.05, 0.1) is 17.4 Å². The summed E-state index contributed by atoms with van der Waals surface area (Å²) in [6.45, 7) is 0.663. The van der Waals surface area contributed by atoms with Crippen molar-refractivity contribution < 1.29 is 0 Å². The Morgan fingerprint density at radius 2 is 1.80 bits per heavy atom. The highest BCUT2D eigenvalue weighted by Crippen LogP contribution is 2.16. The third kappa shape index (κ3) is 2.51. The predicted octanol–water partition coefficient (Wildman–Crippen LogP) is 2.79. The molecule has 0 unspecified atom stereocenters. The van der Waals surface area contributed by atoms with Crippen molar-refractivity contribution in [3.05, 3.63) is 66.0 Å².